The summed E-state index contributed by atoms with van der Waals surface area (Å²) in [5, 5.41) is 0.148. The predicted octanol–water partition coefficient (Wildman–Crippen LogP) is 3.40. The van der Waals surface area contributed by atoms with Gasteiger partial charge in [-0.1, -0.05) is 0 Å². The van der Waals surface area contributed by atoms with E-state index in [1.54, 1.807) is 25.1 Å². The Morgan fingerprint density at radius 3 is 2.59 bits per heavy atom. The third kappa shape index (κ3) is 3.37. The second-order valence-corrected chi connectivity index (χ2v) is 7.55. The van der Waals surface area contributed by atoms with Gasteiger partial charge >= 0.3 is 11.5 Å². The fourth-order valence-corrected chi connectivity index (χ4v) is 3.93. The number of hydrogen-bond donors (Lipinski definition) is 1. The van der Waals surface area contributed by atoms with Crippen molar-refractivity contribution in [2.24, 2.45) is 0 Å². The lowest BCUT2D eigenvalue weighted by Gasteiger charge is -2.17. The summed E-state index contributed by atoms with van der Waals surface area (Å²) in [6, 6.07) is 6.87. The van der Waals surface area contributed by atoms with Crippen molar-refractivity contribution in [2.75, 3.05) is 19.0 Å². The van der Waals surface area contributed by atoms with E-state index in [2.05, 4.69) is 19.4 Å². The highest BCUT2D eigenvalue weighted by Gasteiger charge is 2.43. The van der Waals surface area contributed by atoms with Gasteiger partial charge < -0.3 is 18.9 Å². The summed E-state index contributed by atoms with van der Waals surface area (Å²) in [5.41, 5.74) is 1.99. The van der Waals surface area contributed by atoms with Crippen LogP contribution in [0.5, 0.6) is 11.5 Å². The second kappa shape index (κ2) is 6.24. The highest BCUT2D eigenvalue weighted by molar-refractivity contribution is 7.90. The fraction of sp³-hybridized carbons (Fsp3) is 0.235. The molecule has 6 nitrogen and oxygen atoms in total. The molecule has 10 heteroatoms. The molecule has 4 rings (SSSR count). The highest BCUT2D eigenvalue weighted by atomic mass is 32.2. The van der Waals surface area contributed by atoms with Gasteiger partial charge in [-0.25, -0.2) is 4.39 Å². The molecular weight excluding hydrogens is 383 g/mol. The van der Waals surface area contributed by atoms with Gasteiger partial charge in [-0.3, -0.25) is 4.98 Å². The van der Waals surface area contributed by atoms with Crippen LogP contribution in [0.3, 0.4) is 0 Å². The van der Waals surface area contributed by atoms with Crippen molar-refractivity contribution in [3.8, 4) is 11.5 Å². The van der Waals surface area contributed by atoms with Gasteiger partial charge in [-0.15, -0.1) is 8.78 Å². The van der Waals surface area contributed by atoms with Crippen LogP contribution in [0.25, 0.3) is 11.0 Å². The van der Waals surface area contributed by atoms with E-state index in [1.807, 2.05) is 0 Å². The maximum Gasteiger partial charge on any atom is 0.586 e. The Morgan fingerprint density at radius 2 is 1.89 bits per heavy atom. The minimum Gasteiger partial charge on any atom is -0.609 e. The van der Waals surface area contributed by atoms with Crippen LogP contribution in [0.2, 0.25) is 0 Å². The number of imidazole rings is 1. The van der Waals surface area contributed by atoms with Crippen molar-refractivity contribution in [2.45, 2.75) is 17.2 Å². The second-order valence-electron chi connectivity index (χ2n) is 6.18. The summed E-state index contributed by atoms with van der Waals surface area (Å²) < 4.78 is 61.3. The number of H-pyrrole nitrogens is 1. The van der Waals surface area contributed by atoms with Crippen LogP contribution in [0.1, 0.15) is 5.56 Å². The van der Waals surface area contributed by atoms with E-state index < -0.39 is 23.3 Å². The number of fused-ring (bicyclic) bond motifs is 2. The van der Waals surface area contributed by atoms with E-state index in [-0.39, 0.29) is 22.4 Å². The largest absolute Gasteiger partial charge is 0.609 e. The SMILES string of the molecule is CN(C)c1ccc(F)cc1C[S+]([O-])c1nc2cc3c(cc2[nH]1)OC(F)(F)O3. The number of hydrogen-bond acceptors (Lipinski definition) is 5. The normalized spacial score (nSPS) is 15.9. The Hall–Kier alpha value is -2.59. The average Bonchev–Trinajstić information content (AvgIpc) is 3.09. The Kier molecular flexibility index (Phi) is 4.11. The van der Waals surface area contributed by atoms with Gasteiger partial charge in [0.25, 0.3) is 0 Å². The summed E-state index contributed by atoms with van der Waals surface area (Å²) in [6.07, 6.45) is -3.72. The monoisotopic (exact) mass is 397 g/mol. The topological polar surface area (TPSA) is 73.4 Å². The maximum atomic E-state index is 13.6. The third-order valence-electron chi connectivity index (χ3n) is 4.01. The van der Waals surface area contributed by atoms with Crippen LogP contribution < -0.4 is 14.4 Å². The minimum absolute atomic E-state index is 0.0376. The van der Waals surface area contributed by atoms with E-state index in [9.17, 15) is 17.7 Å². The van der Waals surface area contributed by atoms with Crippen molar-refractivity contribution < 1.29 is 27.2 Å². The Labute approximate surface area is 155 Å². The molecule has 2 aromatic carbocycles. The van der Waals surface area contributed by atoms with Crippen molar-refractivity contribution in [3.63, 3.8) is 0 Å². The van der Waals surface area contributed by atoms with Crippen LogP contribution in [-0.4, -0.2) is 34.9 Å². The molecule has 3 aromatic rings. The van der Waals surface area contributed by atoms with Gasteiger partial charge in [-0.05, 0) is 18.2 Å². The van der Waals surface area contributed by atoms with Gasteiger partial charge in [0, 0.05) is 48.7 Å². The van der Waals surface area contributed by atoms with Crippen molar-refractivity contribution >= 4 is 27.9 Å². The van der Waals surface area contributed by atoms with Crippen LogP contribution in [0.4, 0.5) is 18.9 Å². The molecule has 0 radical (unpaired) electrons. The zero-order valence-corrected chi connectivity index (χ0v) is 15.1. The van der Waals surface area contributed by atoms with Gasteiger partial charge in [0.05, 0.1) is 11.0 Å². The van der Waals surface area contributed by atoms with Gasteiger partial charge in [0.1, 0.15) is 11.6 Å². The number of halogens is 3. The Balaban J connectivity index is 1.63. The average molecular weight is 397 g/mol. The van der Waals surface area contributed by atoms with E-state index in [4.69, 9.17) is 0 Å². The molecule has 1 aliphatic heterocycles. The molecule has 0 aliphatic carbocycles. The quantitative estimate of drug-likeness (QED) is 0.683. The minimum atomic E-state index is -3.72. The molecule has 0 fully saturated rings. The molecule has 142 valence electrons. The zero-order valence-electron chi connectivity index (χ0n) is 14.3. The molecule has 1 unspecified atom stereocenters. The standard InChI is InChI=1S/C17H14F3N3O3S/c1-23(2)13-4-3-10(18)5-9(13)8-27(24)16-21-11-6-14-15(7-12(11)22-16)26-17(19,20)25-14/h3-7H,8H2,1-2H3,(H,21,22). The van der Waals surface area contributed by atoms with Crippen LogP contribution >= 0.6 is 0 Å². The van der Waals surface area contributed by atoms with Gasteiger partial charge in [0.2, 0.25) is 0 Å². The third-order valence-corrected chi connectivity index (χ3v) is 5.21. The number of benzene rings is 2. The van der Waals surface area contributed by atoms with Crippen molar-refractivity contribution in [1.29, 1.82) is 0 Å². The first kappa shape index (κ1) is 17.8. The first-order valence-corrected chi connectivity index (χ1v) is 9.17. The number of anilines is 1. The molecule has 0 saturated carbocycles. The lowest BCUT2D eigenvalue weighted by atomic mass is 10.2. The first-order valence-electron chi connectivity index (χ1n) is 7.85. The molecule has 1 N–H and O–H groups in total. The molecule has 2 heterocycles. The molecule has 1 aromatic heterocycles. The van der Waals surface area contributed by atoms with Crippen LogP contribution in [0, 0.1) is 5.82 Å². The molecular formula is C17H14F3N3O3S. The maximum absolute atomic E-state index is 13.6. The van der Waals surface area contributed by atoms with E-state index in [1.165, 1.54) is 24.3 Å². The summed E-state index contributed by atoms with van der Waals surface area (Å²) >= 11 is -1.60. The van der Waals surface area contributed by atoms with Gasteiger partial charge in [0.15, 0.2) is 11.5 Å². The fourth-order valence-electron chi connectivity index (χ4n) is 2.85. The van der Waals surface area contributed by atoms with E-state index in [0.717, 1.165) is 5.69 Å². The predicted molar refractivity (Wildman–Crippen MR) is 93.1 cm³/mol. The lowest BCUT2D eigenvalue weighted by molar-refractivity contribution is -0.286. The smallest absolute Gasteiger partial charge is 0.586 e. The molecule has 0 bridgehead atoms. The highest BCUT2D eigenvalue weighted by Crippen LogP contribution is 2.43. The number of alkyl halides is 2. The summed E-state index contributed by atoms with van der Waals surface area (Å²) in [4.78, 5) is 8.82. The first-order chi connectivity index (χ1) is 12.7. The summed E-state index contributed by atoms with van der Waals surface area (Å²) in [7, 11) is 3.61. The van der Waals surface area contributed by atoms with E-state index in [0.29, 0.717) is 16.6 Å². The number of aromatic amines is 1. The molecule has 1 atom stereocenters. The lowest BCUT2D eigenvalue weighted by Crippen LogP contribution is -2.25. The molecule has 0 saturated heterocycles. The number of ether oxygens (including phenoxy) is 2. The number of aromatic nitrogens is 2. The van der Waals surface area contributed by atoms with E-state index >= 15 is 0 Å². The zero-order chi connectivity index (χ0) is 19.3. The van der Waals surface area contributed by atoms with Crippen molar-refractivity contribution in [3.05, 3.63) is 41.7 Å². The Morgan fingerprint density at radius 1 is 1.19 bits per heavy atom. The van der Waals surface area contributed by atoms with Crippen LogP contribution in [0.15, 0.2) is 35.5 Å². The summed E-state index contributed by atoms with van der Waals surface area (Å²) in [5.74, 6) is -0.663. The number of nitrogens with one attached hydrogen (secondary N) is 1. The Bertz CT molecular complexity index is 980. The number of rotatable bonds is 4. The van der Waals surface area contributed by atoms with Gasteiger partial charge in [-0.2, -0.15) is 4.98 Å². The van der Waals surface area contributed by atoms with Crippen LogP contribution in [-0.2, 0) is 16.9 Å². The molecule has 0 amide bonds. The van der Waals surface area contributed by atoms with Crippen molar-refractivity contribution in [1.82, 2.24) is 9.97 Å². The molecule has 27 heavy (non-hydrogen) atoms. The molecule has 0 spiro atoms. The molecule has 1 aliphatic rings. The number of nitrogens with zero attached hydrogens (tertiary/aromatic N) is 2. The summed E-state index contributed by atoms with van der Waals surface area (Å²) in [6.45, 7) is 0.